The zero-order valence-corrected chi connectivity index (χ0v) is 14.2. The molecule has 23 heavy (non-hydrogen) atoms. The van der Waals surface area contributed by atoms with Crippen LogP contribution in [0.25, 0.3) is 0 Å². The van der Waals surface area contributed by atoms with E-state index in [0.29, 0.717) is 5.92 Å². The van der Waals surface area contributed by atoms with Crippen molar-refractivity contribution in [2.24, 2.45) is 5.92 Å². The third-order valence-corrected chi connectivity index (χ3v) is 4.36. The molecule has 3 rings (SSSR count). The Bertz CT molecular complexity index is 634. The fourth-order valence-electron chi connectivity index (χ4n) is 3.20. The van der Waals surface area contributed by atoms with Crippen molar-refractivity contribution < 1.29 is 4.74 Å². The van der Waals surface area contributed by atoms with E-state index in [1.807, 2.05) is 19.9 Å². The quantitative estimate of drug-likeness (QED) is 0.927. The van der Waals surface area contributed by atoms with Crippen LogP contribution >= 0.6 is 0 Å². The van der Waals surface area contributed by atoms with Gasteiger partial charge in [0.25, 0.3) is 0 Å². The van der Waals surface area contributed by atoms with Crippen LogP contribution < -0.4 is 5.32 Å². The molecule has 0 radical (unpaired) electrons. The number of anilines is 1. The highest BCUT2D eigenvalue weighted by Crippen LogP contribution is 2.33. The fourth-order valence-corrected chi connectivity index (χ4v) is 3.20. The summed E-state index contributed by atoms with van der Waals surface area (Å²) >= 11 is 0. The standard InChI is InChI=1S/C19H25N3O/c1-13-6-8-16(9-7-13)18-17(5-4-10-23-18)12-20-19-21-14(2)11-15(3)22-19/h6-9,11,17-18H,4-5,10,12H2,1-3H3,(H,20,21,22). The Hall–Kier alpha value is -1.94. The first-order chi connectivity index (χ1) is 11.1. The molecule has 2 atom stereocenters. The third-order valence-electron chi connectivity index (χ3n) is 4.36. The van der Waals surface area contributed by atoms with E-state index in [1.165, 1.54) is 11.1 Å². The highest BCUT2D eigenvalue weighted by molar-refractivity contribution is 5.29. The minimum atomic E-state index is 0.155. The molecule has 1 aliphatic rings. The Balaban J connectivity index is 1.70. The largest absolute Gasteiger partial charge is 0.373 e. The molecule has 4 heteroatoms. The smallest absolute Gasteiger partial charge is 0.223 e. The topological polar surface area (TPSA) is 47.0 Å². The van der Waals surface area contributed by atoms with E-state index in [2.05, 4.69) is 46.5 Å². The molecule has 1 fully saturated rings. The Labute approximate surface area is 138 Å². The molecule has 122 valence electrons. The van der Waals surface area contributed by atoms with Gasteiger partial charge in [-0.2, -0.15) is 0 Å². The summed E-state index contributed by atoms with van der Waals surface area (Å²) in [6, 6.07) is 10.7. The van der Waals surface area contributed by atoms with Gasteiger partial charge in [0, 0.05) is 30.5 Å². The average Bonchev–Trinajstić information content (AvgIpc) is 2.53. The van der Waals surface area contributed by atoms with Gasteiger partial charge >= 0.3 is 0 Å². The molecule has 2 unspecified atom stereocenters. The number of ether oxygens (including phenoxy) is 1. The van der Waals surface area contributed by atoms with Gasteiger partial charge in [-0.15, -0.1) is 0 Å². The summed E-state index contributed by atoms with van der Waals surface area (Å²) in [4.78, 5) is 8.93. The number of nitrogens with zero attached hydrogens (tertiary/aromatic N) is 2. The second-order valence-electron chi connectivity index (χ2n) is 6.46. The Morgan fingerprint density at radius 1 is 1.09 bits per heavy atom. The van der Waals surface area contributed by atoms with Gasteiger partial charge < -0.3 is 10.1 Å². The second-order valence-corrected chi connectivity index (χ2v) is 6.46. The molecule has 4 nitrogen and oxygen atoms in total. The molecule has 2 heterocycles. The number of hydrogen-bond donors (Lipinski definition) is 1. The van der Waals surface area contributed by atoms with Crippen molar-refractivity contribution in [2.75, 3.05) is 18.5 Å². The number of hydrogen-bond acceptors (Lipinski definition) is 4. The minimum absolute atomic E-state index is 0.155. The van der Waals surface area contributed by atoms with Crippen molar-refractivity contribution in [3.05, 3.63) is 52.8 Å². The number of nitrogens with one attached hydrogen (secondary N) is 1. The van der Waals surface area contributed by atoms with Gasteiger partial charge in [0.15, 0.2) is 0 Å². The van der Waals surface area contributed by atoms with Crippen molar-refractivity contribution in [1.82, 2.24) is 9.97 Å². The molecule has 1 aromatic carbocycles. The normalized spacial score (nSPS) is 21.2. The molecule has 0 bridgehead atoms. The van der Waals surface area contributed by atoms with E-state index < -0.39 is 0 Å². The maximum atomic E-state index is 6.07. The lowest BCUT2D eigenvalue weighted by Crippen LogP contribution is -2.28. The van der Waals surface area contributed by atoms with Crippen LogP contribution in [0.1, 0.15) is 41.5 Å². The van der Waals surface area contributed by atoms with Crippen LogP contribution in [0.3, 0.4) is 0 Å². The van der Waals surface area contributed by atoms with Gasteiger partial charge in [-0.05, 0) is 45.2 Å². The monoisotopic (exact) mass is 311 g/mol. The maximum absolute atomic E-state index is 6.07. The Morgan fingerprint density at radius 2 is 1.78 bits per heavy atom. The summed E-state index contributed by atoms with van der Waals surface area (Å²) in [5.41, 5.74) is 4.54. The molecule has 1 aromatic heterocycles. The number of aromatic nitrogens is 2. The minimum Gasteiger partial charge on any atom is -0.373 e. The first-order valence-corrected chi connectivity index (χ1v) is 8.36. The molecule has 2 aromatic rings. The zero-order valence-electron chi connectivity index (χ0n) is 14.2. The lowest BCUT2D eigenvalue weighted by atomic mass is 9.89. The highest BCUT2D eigenvalue weighted by atomic mass is 16.5. The number of benzene rings is 1. The number of rotatable bonds is 4. The van der Waals surface area contributed by atoms with Crippen molar-refractivity contribution in [3.63, 3.8) is 0 Å². The van der Waals surface area contributed by atoms with Gasteiger partial charge in [-0.1, -0.05) is 29.8 Å². The predicted octanol–water partition coefficient (Wildman–Crippen LogP) is 3.98. The molecule has 0 saturated carbocycles. The molecular weight excluding hydrogens is 286 g/mol. The van der Waals surface area contributed by atoms with Crippen LogP contribution in [0.15, 0.2) is 30.3 Å². The molecular formula is C19H25N3O. The van der Waals surface area contributed by atoms with E-state index in [4.69, 9.17) is 4.74 Å². The molecule has 1 saturated heterocycles. The second kappa shape index (κ2) is 7.09. The lowest BCUT2D eigenvalue weighted by molar-refractivity contribution is -0.0238. The first-order valence-electron chi connectivity index (χ1n) is 8.36. The van der Waals surface area contributed by atoms with Gasteiger partial charge in [0.05, 0.1) is 6.10 Å². The van der Waals surface area contributed by atoms with Gasteiger partial charge in [0.1, 0.15) is 0 Å². The molecule has 0 spiro atoms. The Morgan fingerprint density at radius 3 is 2.48 bits per heavy atom. The van der Waals surface area contributed by atoms with Crippen LogP contribution in [-0.4, -0.2) is 23.1 Å². The van der Waals surface area contributed by atoms with E-state index in [-0.39, 0.29) is 6.10 Å². The van der Waals surface area contributed by atoms with Crippen molar-refractivity contribution in [3.8, 4) is 0 Å². The van der Waals surface area contributed by atoms with Crippen molar-refractivity contribution >= 4 is 5.95 Å². The van der Waals surface area contributed by atoms with Gasteiger partial charge in [-0.25, -0.2) is 9.97 Å². The number of aryl methyl sites for hydroxylation is 3. The highest BCUT2D eigenvalue weighted by Gasteiger charge is 2.27. The third kappa shape index (κ3) is 4.08. The zero-order chi connectivity index (χ0) is 16.2. The van der Waals surface area contributed by atoms with Crippen LogP contribution in [0.2, 0.25) is 0 Å². The molecule has 0 aliphatic carbocycles. The average molecular weight is 311 g/mol. The summed E-state index contributed by atoms with van der Waals surface area (Å²) in [6.07, 6.45) is 2.43. The Kier molecular flexibility index (Phi) is 4.91. The van der Waals surface area contributed by atoms with Crippen molar-refractivity contribution in [1.29, 1.82) is 0 Å². The van der Waals surface area contributed by atoms with Gasteiger partial charge in [0.2, 0.25) is 5.95 Å². The lowest BCUT2D eigenvalue weighted by Gasteiger charge is -2.32. The van der Waals surface area contributed by atoms with E-state index in [1.54, 1.807) is 0 Å². The van der Waals surface area contributed by atoms with Crippen LogP contribution in [0.4, 0.5) is 5.95 Å². The molecule has 0 amide bonds. The molecule has 1 N–H and O–H groups in total. The summed E-state index contributed by atoms with van der Waals surface area (Å²) in [7, 11) is 0. The summed E-state index contributed by atoms with van der Waals surface area (Å²) in [6.45, 7) is 7.79. The maximum Gasteiger partial charge on any atom is 0.223 e. The first kappa shape index (κ1) is 15.9. The SMILES string of the molecule is Cc1ccc(C2OCCCC2CNc2nc(C)cc(C)n2)cc1. The summed E-state index contributed by atoms with van der Waals surface area (Å²) in [5.74, 6) is 1.16. The van der Waals surface area contributed by atoms with E-state index >= 15 is 0 Å². The van der Waals surface area contributed by atoms with E-state index in [9.17, 15) is 0 Å². The summed E-state index contributed by atoms with van der Waals surface area (Å²) < 4.78 is 6.07. The molecule has 1 aliphatic heterocycles. The van der Waals surface area contributed by atoms with Gasteiger partial charge in [-0.3, -0.25) is 0 Å². The summed E-state index contributed by atoms with van der Waals surface area (Å²) in [5, 5.41) is 3.40. The van der Waals surface area contributed by atoms with E-state index in [0.717, 1.165) is 43.3 Å². The predicted molar refractivity (Wildman–Crippen MR) is 92.6 cm³/mol. The van der Waals surface area contributed by atoms with Crippen molar-refractivity contribution in [2.45, 2.75) is 39.7 Å². The van der Waals surface area contributed by atoms with Crippen LogP contribution in [0.5, 0.6) is 0 Å². The fraction of sp³-hybridized carbons (Fsp3) is 0.474. The van der Waals surface area contributed by atoms with Crippen LogP contribution in [0, 0.1) is 26.7 Å². The van der Waals surface area contributed by atoms with Crippen LogP contribution in [-0.2, 0) is 4.74 Å².